The molecular weight excluding hydrogens is 509 g/mol. The van der Waals surface area contributed by atoms with Gasteiger partial charge in [-0.2, -0.15) is 5.10 Å². The molecule has 0 radical (unpaired) electrons. The number of aromatic nitrogens is 5. The molecule has 0 aliphatic carbocycles. The summed E-state index contributed by atoms with van der Waals surface area (Å²) in [5.74, 6) is 0.330. The van der Waals surface area contributed by atoms with Crippen molar-refractivity contribution in [2.75, 3.05) is 0 Å². The highest BCUT2D eigenvalue weighted by molar-refractivity contribution is 5.88. The van der Waals surface area contributed by atoms with Crippen LogP contribution in [0.25, 0.3) is 34.8 Å². The molecule has 5 aromatic rings. The number of allylic oxidation sites excluding steroid dienone is 3. The third-order valence-corrected chi connectivity index (χ3v) is 6.96. The second-order valence-corrected chi connectivity index (χ2v) is 9.81. The van der Waals surface area contributed by atoms with Crippen molar-refractivity contribution in [3.8, 4) is 11.5 Å². The lowest BCUT2D eigenvalue weighted by atomic mass is 10.0. The number of imidazole rings is 1. The van der Waals surface area contributed by atoms with Crippen molar-refractivity contribution in [3.63, 3.8) is 0 Å². The normalized spacial score (nSPS) is 12.6. The molecule has 5 rings (SSSR count). The van der Waals surface area contributed by atoms with Gasteiger partial charge in [-0.3, -0.25) is 10.1 Å². The Balaban J connectivity index is 1.48. The molecule has 0 unspecified atom stereocenters. The Labute approximate surface area is 239 Å². The molecule has 6 heteroatoms. The van der Waals surface area contributed by atoms with Gasteiger partial charge in [0.15, 0.2) is 5.82 Å². The second-order valence-electron chi connectivity index (χ2n) is 9.81. The van der Waals surface area contributed by atoms with Gasteiger partial charge in [-0.1, -0.05) is 73.9 Å². The number of nitrogens with one attached hydrogen (secondary N) is 2. The van der Waals surface area contributed by atoms with Crippen LogP contribution in [-0.2, 0) is 12.8 Å². The fraction of sp³-hybridized carbons (Fsp3) is 0.114. The van der Waals surface area contributed by atoms with Crippen LogP contribution in [0.1, 0.15) is 40.6 Å². The molecule has 3 aromatic heterocycles. The molecule has 0 aliphatic rings. The van der Waals surface area contributed by atoms with Gasteiger partial charge in [-0.15, -0.1) is 0 Å². The van der Waals surface area contributed by atoms with E-state index in [1.54, 1.807) is 18.2 Å². The van der Waals surface area contributed by atoms with Crippen molar-refractivity contribution in [2.45, 2.75) is 26.7 Å². The average molecular weight is 542 g/mol. The summed E-state index contributed by atoms with van der Waals surface area (Å²) in [6.07, 6.45) is 13.2. The summed E-state index contributed by atoms with van der Waals surface area (Å²) in [5, 5.41) is 9.47. The summed E-state index contributed by atoms with van der Waals surface area (Å²) < 4.78 is 13.6. The highest BCUT2D eigenvalue weighted by Crippen LogP contribution is 2.27. The number of H-pyrrole nitrogens is 2. The van der Waals surface area contributed by atoms with E-state index in [-0.39, 0.29) is 5.82 Å². The van der Waals surface area contributed by atoms with Gasteiger partial charge in [-0.25, -0.2) is 9.37 Å². The topological polar surface area (TPSA) is 70.2 Å². The van der Waals surface area contributed by atoms with E-state index < -0.39 is 0 Å². The number of hydrogen-bond acceptors (Lipinski definition) is 3. The van der Waals surface area contributed by atoms with Gasteiger partial charge in [0.1, 0.15) is 11.5 Å². The van der Waals surface area contributed by atoms with E-state index in [0.29, 0.717) is 11.5 Å². The molecule has 0 amide bonds. The lowest BCUT2D eigenvalue weighted by Crippen LogP contribution is -2.23. The van der Waals surface area contributed by atoms with E-state index in [4.69, 9.17) is 4.98 Å². The van der Waals surface area contributed by atoms with Crippen LogP contribution >= 0.6 is 0 Å². The summed E-state index contributed by atoms with van der Waals surface area (Å²) in [5.41, 5.74) is 8.21. The van der Waals surface area contributed by atoms with Crippen LogP contribution in [0.2, 0.25) is 0 Å². The van der Waals surface area contributed by atoms with Crippen molar-refractivity contribution >= 4 is 23.3 Å². The Morgan fingerprint density at radius 2 is 1.73 bits per heavy atom. The molecule has 41 heavy (non-hydrogen) atoms. The second kappa shape index (κ2) is 12.4. The maximum atomic E-state index is 13.6. The predicted octanol–water partition coefficient (Wildman–Crippen LogP) is 6.34. The average Bonchev–Trinajstić information content (AvgIpc) is 3.58. The van der Waals surface area contributed by atoms with Gasteiger partial charge in [-0.05, 0) is 78.8 Å². The third-order valence-electron chi connectivity index (χ3n) is 6.96. The summed E-state index contributed by atoms with van der Waals surface area (Å²) in [4.78, 5) is 12.8. The first kappa shape index (κ1) is 27.5. The lowest BCUT2D eigenvalue weighted by Gasteiger charge is -2.06. The Kier molecular flexibility index (Phi) is 8.30. The first-order chi connectivity index (χ1) is 20.0. The van der Waals surface area contributed by atoms with Crippen molar-refractivity contribution in [3.05, 3.63) is 148 Å². The van der Waals surface area contributed by atoms with Gasteiger partial charge >= 0.3 is 0 Å². The molecule has 2 N–H and O–H groups in total. The molecule has 0 saturated heterocycles. The monoisotopic (exact) mass is 541 g/mol. The number of rotatable bonds is 9. The fourth-order valence-corrected chi connectivity index (χ4v) is 4.80. The fourth-order valence-electron chi connectivity index (χ4n) is 4.80. The highest BCUT2D eigenvalue weighted by atomic mass is 19.1. The molecule has 0 aliphatic heterocycles. The zero-order valence-electron chi connectivity index (χ0n) is 23.3. The molecular formula is C35H32FN5. The van der Waals surface area contributed by atoms with E-state index >= 15 is 0 Å². The van der Waals surface area contributed by atoms with Crippen LogP contribution in [0, 0.1) is 12.7 Å². The SMILES string of the molecule is C=C/C=C(/c1ccc(F)cc1)c1nc(-c2n[nH]c(=C/C)/c2=C\C(=C)c2cncc(CCc3ccccc3)c2)[nH]c1C. The first-order valence-corrected chi connectivity index (χ1v) is 13.5. The molecule has 2 aromatic carbocycles. The van der Waals surface area contributed by atoms with Crippen molar-refractivity contribution in [1.29, 1.82) is 0 Å². The van der Waals surface area contributed by atoms with Crippen LogP contribution in [0.15, 0.2) is 98.4 Å². The molecule has 0 saturated carbocycles. The maximum absolute atomic E-state index is 13.6. The first-order valence-electron chi connectivity index (χ1n) is 13.5. The minimum Gasteiger partial charge on any atom is -0.340 e. The quantitative estimate of drug-likeness (QED) is 0.214. The van der Waals surface area contributed by atoms with Gasteiger partial charge in [0.2, 0.25) is 0 Å². The number of halogens is 1. The Morgan fingerprint density at radius 3 is 2.46 bits per heavy atom. The summed E-state index contributed by atoms with van der Waals surface area (Å²) >= 11 is 0. The zero-order chi connectivity index (χ0) is 28.8. The number of aromatic amines is 2. The summed E-state index contributed by atoms with van der Waals surface area (Å²) in [6, 6.07) is 19.0. The van der Waals surface area contributed by atoms with Crippen LogP contribution in [0.4, 0.5) is 4.39 Å². The van der Waals surface area contributed by atoms with Crippen molar-refractivity contribution in [2.24, 2.45) is 0 Å². The molecule has 204 valence electrons. The van der Waals surface area contributed by atoms with Gasteiger partial charge in [0, 0.05) is 28.9 Å². The molecule has 0 spiro atoms. The van der Waals surface area contributed by atoms with E-state index in [1.807, 2.05) is 50.5 Å². The van der Waals surface area contributed by atoms with E-state index in [0.717, 1.165) is 62.6 Å². The number of hydrogen-bond donors (Lipinski definition) is 2. The molecule has 0 bridgehead atoms. The number of benzene rings is 2. The van der Waals surface area contributed by atoms with Gasteiger partial charge in [0.05, 0.1) is 11.0 Å². The summed E-state index contributed by atoms with van der Waals surface area (Å²) in [7, 11) is 0. The highest BCUT2D eigenvalue weighted by Gasteiger charge is 2.17. The van der Waals surface area contributed by atoms with Crippen molar-refractivity contribution < 1.29 is 4.39 Å². The standard InChI is InChI=1S/C35H32FN5/c1-5-10-30(27-15-17-29(36)18-16-27)33-24(4)38-35(39-33)34-31(32(6-2)40-41-34)19-23(3)28-20-26(21-37-22-28)14-13-25-11-8-7-9-12-25/h5-12,15-22,40H,1,3,13-14H2,2,4H3,(H,38,39)/b30-10-,31-19+,32-6+. The van der Waals surface area contributed by atoms with Crippen LogP contribution < -0.4 is 10.6 Å². The Hall–Kier alpha value is -5.10. The molecule has 0 fully saturated rings. The van der Waals surface area contributed by atoms with Crippen LogP contribution in [0.5, 0.6) is 0 Å². The van der Waals surface area contributed by atoms with E-state index in [9.17, 15) is 4.39 Å². The van der Waals surface area contributed by atoms with Gasteiger partial charge in [0.25, 0.3) is 0 Å². The number of nitrogens with zero attached hydrogens (tertiary/aromatic N) is 3. The van der Waals surface area contributed by atoms with Crippen LogP contribution in [0.3, 0.4) is 0 Å². The smallest absolute Gasteiger partial charge is 0.159 e. The molecule has 5 nitrogen and oxygen atoms in total. The third kappa shape index (κ3) is 6.23. The zero-order valence-corrected chi connectivity index (χ0v) is 23.3. The maximum Gasteiger partial charge on any atom is 0.159 e. The van der Waals surface area contributed by atoms with Crippen molar-refractivity contribution in [1.82, 2.24) is 25.1 Å². The Morgan fingerprint density at radius 1 is 0.976 bits per heavy atom. The Bertz CT molecular complexity index is 1840. The number of aryl methyl sites for hydroxylation is 3. The summed E-state index contributed by atoms with van der Waals surface area (Å²) in [6.45, 7) is 12.1. The largest absolute Gasteiger partial charge is 0.340 e. The molecule has 3 heterocycles. The van der Waals surface area contributed by atoms with E-state index in [1.165, 1.54) is 17.7 Å². The minimum absolute atomic E-state index is 0.289. The van der Waals surface area contributed by atoms with E-state index in [2.05, 4.69) is 63.7 Å². The predicted molar refractivity (Wildman–Crippen MR) is 166 cm³/mol. The minimum atomic E-state index is -0.289. The number of pyridine rings is 1. The lowest BCUT2D eigenvalue weighted by molar-refractivity contribution is 0.627. The molecule has 0 atom stereocenters. The van der Waals surface area contributed by atoms with Gasteiger partial charge < -0.3 is 4.98 Å². The van der Waals surface area contributed by atoms with Crippen LogP contribution in [-0.4, -0.2) is 25.1 Å².